The quantitative estimate of drug-likeness (QED) is 0.0261. The summed E-state index contributed by atoms with van der Waals surface area (Å²) in [6, 6.07) is 0. The van der Waals surface area contributed by atoms with Gasteiger partial charge >= 0.3 is 17.9 Å². The number of carbonyl (C=O) groups is 3. The molecule has 0 radical (unpaired) electrons. The molecule has 0 aromatic rings. The molecule has 0 spiro atoms. The molecular weight excluding hydrogens is 925 g/mol. The lowest BCUT2D eigenvalue weighted by atomic mass is 10.0. The van der Waals surface area contributed by atoms with Gasteiger partial charge in [-0.3, -0.25) is 14.4 Å². The Morgan fingerprint density at radius 3 is 0.827 bits per heavy atom. The molecule has 0 saturated heterocycles. The lowest BCUT2D eigenvalue weighted by Crippen LogP contribution is -2.30. The van der Waals surface area contributed by atoms with Gasteiger partial charge in [-0.1, -0.05) is 271 Å². The highest BCUT2D eigenvalue weighted by molar-refractivity contribution is 5.71. The Kier molecular flexibility index (Phi) is 59.3. The number of ether oxygens (including phenoxy) is 3. The first-order valence-electron chi connectivity index (χ1n) is 31.4. The van der Waals surface area contributed by atoms with Crippen molar-refractivity contribution in [1.29, 1.82) is 0 Å². The Labute approximate surface area is 463 Å². The zero-order chi connectivity index (χ0) is 54.3. The van der Waals surface area contributed by atoms with E-state index in [2.05, 4.69) is 130 Å². The van der Waals surface area contributed by atoms with Crippen molar-refractivity contribution in [3.63, 3.8) is 0 Å². The van der Waals surface area contributed by atoms with Crippen molar-refractivity contribution in [3.8, 4) is 0 Å². The van der Waals surface area contributed by atoms with Crippen LogP contribution in [0.1, 0.15) is 290 Å². The predicted octanol–water partition coefficient (Wildman–Crippen LogP) is 21.4. The summed E-state index contributed by atoms with van der Waals surface area (Å²) in [5.74, 6) is -0.906. The van der Waals surface area contributed by atoms with Crippen LogP contribution in [0.25, 0.3) is 0 Å². The smallest absolute Gasteiger partial charge is 0.306 e. The third-order valence-electron chi connectivity index (χ3n) is 13.3. The number of esters is 3. The van der Waals surface area contributed by atoms with Gasteiger partial charge in [-0.25, -0.2) is 0 Å². The molecule has 0 aliphatic carbocycles. The van der Waals surface area contributed by atoms with Crippen molar-refractivity contribution in [2.45, 2.75) is 297 Å². The highest BCUT2D eigenvalue weighted by Crippen LogP contribution is 2.15. The molecular formula is C69H116O6. The van der Waals surface area contributed by atoms with Crippen LogP contribution < -0.4 is 0 Å². The Hall–Kier alpha value is -3.93. The van der Waals surface area contributed by atoms with E-state index < -0.39 is 6.10 Å². The van der Waals surface area contributed by atoms with E-state index >= 15 is 0 Å². The predicted molar refractivity (Wildman–Crippen MR) is 325 cm³/mol. The van der Waals surface area contributed by atoms with Crippen molar-refractivity contribution >= 4 is 17.9 Å². The van der Waals surface area contributed by atoms with Crippen LogP contribution in [0.4, 0.5) is 0 Å². The molecule has 0 aliphatic heterocycles. The summed E-state index contributed by atoms with van der Waals surface area (Å²) in [6.45, 7) is 6.50. The van der Waals surface area contributed by atoms with Gasteiger partial charge in [-0.05, 0) is 109 Å². The highest BCUT2D eigenvalue weighted by Gasteiger charge is 2.19. The van der Waals surface area contributed by atoms with Crippen molar-refractivity contribution in [2.24, 2.45) is 0 Å². The minimum atomic E-state index is -0.790. The lowest BCUT2D eigenvalue weighted by molar-refractivity contribution is -0.167. The van der Waals surface area contributed by atoms with Crippen molar-refractivity contribution in [2.75, 3.05) is 13.2 Å². The van der Waals surface area contributed by atoms with Crippen LogP contribution in [0.2, 0.25) is 0 Å². The first-order chi connectivity index (χ1) is 37.0. The minimum absolute atomic E-state index is 0.0857. The number of hydrogen-bond acceptors (Lipinski definition) is 6. The van der Waals surface area contributed by atoms with Crippen LogP contribution in [0.5, 0.6) is 0 Å². The molecule has 0 heterocycles. The number of rotatable bonds is 56. The van der Waals surface area contributed by atoms with Gasteiger partial charge in [0.1, 0.15) is 13.2 Å². The fourth-order valence-corrected chi connectivity index (χ4v) is 8.57. The van der Waals surface area contributed by atoms with E-state index in [-0.39, 0.29) is 31.1 Å². The standard InChI is InChI=1S/C69H116O6/c1-4-7-10-13-16-19-22-25-27-29-30-31-32-33-34-35-36-37-38-39-40-41-43-44-47-50-53-56-59-62-68(71)74-65-66(64-73-67(70)61-58-55-52-49-46-24-21-18-15-12-9-6-3)75-69(72)63-60-57-54-51-48-45-42-28-26-23-20-17-14-11-8-5-2/h7,10,16,19-20,23,25,27-28,30-31,33-34,36-37,39-40,42,66H,4-6,8-9,11-15,17-18,21-22,24,26,29,32,35,38,41,43-65H2,1-3H3/b10-7-,19-16-,23-20-,27-25-,31-30-,34-33-,37-36-,40-39-,42-28-. The number of carbonyl (C=O) groups excluding carboxylic acids is 3. The van der Waals surface area contributed by atoms with E-state index in [9.17, 15) is 14.4 Å². The van der Waals surface area contributed by atoms with Gasteiger partial charge in [0.05, 0.1) is 0 Å². The minimum Gasteiger partial charge on any atom is -0.462 e. The Morgan fingerprint density at radius 1 is 0.280 bits per heavy atom. The van der Waals surface area contributed by atoms with Gasteiger partial charge < -0.3 is 14.2 Å². The summed E-state index contributed by atoms with van der Waals surface area (Å²) < 4.78 is 16.9. The first kappa shape index (κ1) is 71.1. The highest BCUT2D eigenvalue weighted by atomic mass is 16.6. The van der Waals surface area contributed by atoms with Gasteiger partial charge in [0.25, 0.3) is 0 Å². The monoisotopic (exact) mass is 1040 g/mol. The van der Waals surface area contributed by atoms with Crippen LogP contribution in [0.15, 0.2) is 109 Å². The molecule has 6 nitrogen and oxygen atoms in total. The zero-order valence-corrected chi connectivity index (χ0v) is 49.0. The second kappa shape index (κ2) is 62.6. The fraction of sp³-hybridized carbons (Fsp3) is 0.696. The number of allylic oxidation sites excluding steroid dienone is 18. The molecule has 428 valence electrons. The lowest BCUT2D eigenvalue weighted by Gasteiger charge is -2.18. The second-order valence-corrected chi connectivity index (χ2v) is 20.6. The summed E-state index contributed by atoms with van der Waals surface area (Å²) in [6.07, 6.45) is 85.1. The molecule has 0 rings (SSSR count). The molecule has 0 saturated carbocycles. The second-order valence-electron chi connectivity index (χ2n) is 20.6. The molecule has 0 aromatic carbocycles. The Balaban J connectivity index is 4.32. The molecule has 1 unspecified atom stereocenters. The maximum absolute atomic E-state index is 12.9. The molecule has 75 heavy (non-hydrogen) atoms. The summed E-state index contributed by atoms with van der Waals surface area (Å²) in [5.41, 5.74) is 0. The van der Waals surface area contributed by atoms with E-state index in [0.717, 1.165) is 135 Å². The van der Waals surface area contributed by atoms with E-state index in [1.54, 1.807) is 0 Å². The third-order valence-corrected chi connectivity index (χ3v) is 13.3. The molecule has 0 aromatic heterocycles. The molecule has 6 heteroatoms. The maximum atomic E-state index is 12.9. The molecule has 0 bridgehead atoms. The van der Waals surface area contributed by atoms with Crippen molar-refractivity contribution in [3.05, 3.63) is 109 Å². The summed E-state index contributed by atoms with van der Waals surface area (Å²) in [7, 11) is 0. The third kappa shape index (κ3) is 60.8. The fourth-order valence-electron chi connectivity index (χ4n) is 8.57. The van der Waals surface area contributed by atoms with Gasteiger partial charge in [0, 0.05) is 19.3 Å². The van der Waals surface area contributed by atoms with E-state index in [4.69, 9.17) is 14.2 Å². The summed E-state index contributed by atoms with van der Waals surface area (Å²) in [5, 5.41) is 0. The number of unbranched alkanes of at least 4 members (excludes halogenated alkanes) is 27. The van der Waals surface area contributed by atoms with Crippen molar-refractivity contribution < 1.29 is 28.6 Å². The Morgan fingerprint density at radius 2 is 0.520 bits per heavy atom. The average molecular weight is 1040 g/mol. The van der Waals surface area contributed by atoms with Crippen molar-refractivity contribution in [1.82, 2.24) is 0 Å². The molecule has 0 amide bonds. The zero-order valence-electron chi connectivity index (χ0n) is 49.0. The average Bonchev–Trinajstić information content (AvgIpc) is 3.41. The largest absolute Gasteiger partial charge is 0.462 e. The van der Waals surface area contributed by atoms with Gasteiger partial charge in [-0.2, -0.15) is 0 Å². The summed E-state index contributed by atoms with van der Waals surface area (Å²) in [4.78, 5) is 38.2. The Bertz CT molecular complexity index is 1520. The number of hydrogen-bond donors (Lipinski definition) is 0. The topological polar surface area (TPSA) is 78.9 Å². The maximum Gasteiger partial charge on any atom is 0.306 e. The summed E-state index contributed by atoms with van der Waals surface area (Å²) >= 11 is 0. The molecule has 0 aliphatic rings. The molecule has 0 N–H and O–H groups in total. The van der Waals surface area contributed by atoms with Crippen LogP contribution in [0.3, 0.4) is 0 Å². The normalized spacial score (nSPS) is 12.8. The van der Waals surface area contributed by atoms with Crippen LogP contribution in [-0.4, -0.2) is 37.2 Å². The first-order valence-corrected chi connectivity index (χ1v) is 31.4. The van der Waals surface area contributed by atoms with Gasteiger partial charge in [-0.15, -0.1) is 0 Å². The van der Waals surface area contributed by atoms with Crippen LogP contribution in [-0.2, 0) is 28.6 Å². The van der Waals surface area contributed by atoms with E-state index in [1.165, 1.54) is 116 Å². The van der Waals surface area contributed by atoms with Gasteiger partial charge in [0.2, 0.25) is 0 Å². The van der Waals surface area contributed by atoms with Crippen LogP contribution >= 0.6 is 0 Å². The molecule has 1 atom stereocenters. The molecule has 0 fully saturated rings. The van der Waals surface area contributed by atoms with Gasteiger partial charge in [0.15, 0.2) is 6.10 Å². The van der Waals surface area contributed by atoms with Crippen LogP contribution in [0, 0.1) is 0 Å². The van der Waals surface area contributed by atoms with E-state index in [1.807, 2.05) is 0 Å². The SMILES string of the molecule is CC/C=C\C/C=C\C/C=C\C/C=C\C/C=C\C/C=C\C/C=C\CCCCCCCCCC(=O)OCC(COC(=O)CCCCCCCCCCCCCC)OC(=O)CCCCCCC/C=C\C/C=C\CCCCCC. The van der Waals surface area contributed by atoms with E-state index in [0.29, 0.717) is 19.3 Å².